The number of nitrogens with one attached hydrogen (secondary N) is 1. The Morgan fingerprint density at radius 3 is 2.18 bits per heavy atom. The van der Waals surface area contributed by atoms with Crippen molar-refractivity contribution in [1.82, 2.24) is 10.2 Å². The molecule has 0 rings (SSSR count). The average molecular weight is 242 g/mol. The molecule has 2 unspecified atom stereocenters. The molecule has 0 aromatic carbocycles. The molecule has 0 heterocycles. The Hall–Kier alpha value is -0.0800. The highest BCUT2D eigenvalue weighted by Gasteiger charge is 2.26. The summed E-state index contributed by atoms with van der Waals surface area (Å²) >= 11 is 0. The number of rotatable bonds is 8. The normalized spacial score (nSPS) is 16.2. The number of hydrogen-bond acceptors (Lipinski definition) is 2. The van der Waals surface area contributed by atoms with Crippen LogP contribution in [0.1, 0.15) is 60.8 Å². The van der Waals surface area contributed by atoms with Gasteiger partial charge < -0.3 is 10.2 Å². The van der Waals surface area contributed by atoms with Crippen molar-refractivity contribution in [3.63, 3.8) is 0 Å². The molecule has 0 radical (unpaired) electrons. The first kappa shape index (κ1) is 16.9. The second kappa shape index (κ2) is 8.10. The van der Waals surface area contributed by atoms with Crippen LogP contribution >= 0.6 is 0 Å². The quantitative estimate of drug-likeness (QED) is 0.655. The molecule has 0 aromatic rings. The minimum Gasteiger partial charge on any atom is -0.317 e. The third kappa shape index (κ3) is 7.05. The topological polar surface area (TPSA) is 15.3 Å². The highest BCUT2D eigenvalue weighted by Crippen LogP contribution is 2.25. The van der Waals surface area contributed by atoms with Crippen LogP contribution < -0.4 is 5.32 Å². The first-order valence-corrected chi connectivity index (χ1v) is 7.23. The van der Waals surface area contributed by atoms with Crippen LogP contribution in [0.15, 0.2) is 0 Å². The summed E-state index contributed by atoms with van der Waals surface area (Å²) in [4.78, 5) is 2.53. The zero-order valence-corrected chi connectivity index (χ0v) is 13.1. The Labute approximate surface area is 109 Å². The van der Waals surface area contributed by atoms with Gasteiger partial charge in [0, 0.05) is 12.1 Å². The lowest BCUT2D eigenvalue weighted by Gasteiger charge is -2.39. The van der Waals surface area contributed by atoms with Crippen LogP contribution in [-0.2, 0) is 0 Å². The fourth-order valence-corrected chi connectivity index (χ4v) is 2.02. The summed E-state index contributed by atoms with van der Waals surface area (Å²) in [6.07, 6.45) is 3.80. The molecular formula is C15H34N2. The predicted molar refractivity (Wildman–Crippen MR) is 78.5 cm³/mol. The fourth-order valence-electron chi connectivity index (χ4n) is 2.02. The number of nitrogens with zero attached hydrogens (tertiary/aromatic N) is 1. The van der Waals surface area contributed by atoms with Gasteiger partial charge in [0.2, 0.25) is 0 Å². The number of hydrogen-bond donors (Lipinski definition) is 1. The van der Waals surface area contributed by atoms with E-state index in [4.69, 9.17) is 0 Å². The van der Waals surface area contributed by atoms with Gasteiger partial charge in [-0.1, -0.05) is 27.7 Å². The van der Waals surface area contributed by atoms with Crippen molar-refractivity contribution in [3.05, 3.63) is 0 Å². The van der Waals surface area contributed by atoms with Crippen molar-refractivity contribution >= 4 is 0 Å². The highest BCUT2D eigenvalue weighted by molar-refractivity contribution is 4.80. The van der Waals surface area contributed by atoms with E-state index in [1.54, 1.807) is 0 Å². The SMILES string of the molecule is CCCNCCCC(C)N(C)C(C)C(C)(C)C. The molecule has 2 atom stereocenters. The van der Waals surface area contributed by atoms with E-state index < -0.39 is 0 Å². The van der Waals surface area contributed by atoms with Gasteiger partial charge in [0.25, 0.3) is 0 Å². The van der Waals surface area contributed by atoms with Crippen molar-refractivity contribution in [1.29, 1.82) is 0 Å². The fraction of sp³-hybridized carbons (Fsp3) is 1.00. The van der Waals surface area contributed by atoms with Gasteiger partial charge in [-0.15, -0.1) is 0 Å². The molecule has 1 N–H and O–H groups in total. The molecule has 0 amide bonds. The van der Waals surface area contributed by atoms with Gasteiger partial charge in [0.1, 0.15) is 0 Å². The molecule has 0 aliphatic heterocycles. The van der Waals surface area contributed by atoms with E-state index in [0.717, 1.165) is 13.1 Å². The Morgan fingerprint density at radius 1 is 1.12 bits per heavy atom. The van der Waals surface area contributed by atoms with E-state index in [2.05, 4.69) is 58.8 Å². The predicted octanol–water partition coefficient (Wildman–Crippen LogP) is 3.52. The van der Waals surface area contributed by atoms with E-state index in [1.807, 2.05) is 0 Å². The monoisotopic (exact) mass is 242 g/mol. The summed E-state index contributed by atoms with van der Waals surface area (Å²) in [5.41, 5.74) is 0.365. The molecule has 0 saturated heterocycles. The van der Waals surface area contributed by atoms with Gasteiger partial charge in [0.15, 0.2) is 0 Å². The van der Waals surface area contributed by atoms with Crippen LogP contribution in [-0.4, -0.2) is 37.1 Å². The van der Waals surface area contributed by atoms with E-state index in [-0.39, 0.29) is 0 Å². The van der Waals surface area contributed by atoms with Crippen LogP contribution in [0.5, 0.6) is 0 Å². The molecular weight excluding hydrogens is 208 g/mol. The van der Waals surface area contributed by atoms with E-state index in [0.29, 0.717) is 17.5 Å². The van der Waals surface area contributed by atoms with Crippen molar-refractivity contribution in [3.8, 4) is 0 Å². The third-order valence-electron chi connectivity index (χ3n) is 3.96. The largest absolute Gasteiger partial charge is 0.317 e. The molecule has 2 nitrogen and oxygen atoms in total. The van der Waals surface area contributed by atoms with Gasteiger partial charge in [-0.3, -0.25) is 0 Å². The maximum absolute atomic E-state index is 3.47. The van der Waals surface area contributed by atoms with Gasteiger partial charge in [0.05, 0.1) is 0 Å². The van der Waals surface area contributed by atoms with Crippen LogP contribution in [0.25, 0.3) is 0 Å². The molecule has 17 heavy (non-hydrogen) atoms. The van der Waals surface area contributed by atoms with Crippen LogP contribution in [0.3, 0.4) is 0 Å². The van der Waals surface area contributed by atoms with E-state index in [1.165, 1.54) is 19.3 Å². The second-order valence-corrected chi connectivity index (χ2v) is 6.45. The first-order chi connectivity index (χ1) is 7.80. The Kier molecular flexibility index (Phi) is 8.06. The summed E-state index contributed by atoms with van der Waals surface area (Å²) < 4.78 is 0. The summed E-state index contributed by atoms with van der Waals surface area (Å²) in [6, 6.07) is 1.30. The Morgan fingerprint density at radius 2 is 1.71 bits per heavy atom. The van der Waals surface area contributed by atoms with E-state index in [9.17, 15) is 0 Å². The smallest absolute Gasteiger partial charge is 0.0115 e. The van der Waals surface area contributed by atoms with Crippen LogP contribution in [0.4, 0.5) is 0 Å². The lowest BCUT2D eigenvalue weighted by molar-refractivity contribution is 0.0995. The van der Waals surface area contributed by atoms with Crippen molar-refractivity contribution in [2.45, 2.75) is 72.9 Å². The molecule has 0 spiro atoms. The summed E-state index contributed by atoms with van der Waals surface area (Å²) in [6.45, 7) is 16.2. The first-order valence-electron chi connectivity index (χ1n) is 7.23. The summed E-state index contributed by atoms with van der Waals surface area (Å²) in [5, 5.41) is 3.47. The van der Waals surface area contributed by atoms with Crippen LogP contribution in [0.2, 0.25) is 0 Å². The maximum atomic E-state index is 3.47. The molecule has 0 aliphatic carbocycles. The molecule has 0 fully saturated rings. The third-order valence-corrected chi connectivity index (χ3v) is 3.96. The van der Waals surface area contributed by atoms with E-state index >= 15 is 0 Å². The summed E-state index contributed by atoms with van der Waals surface area (Å²) in [5.74, 6) is 0. The van der Waals surface area contributed by atoms with Gasteiger partial charge in [-0.2, -0.15) is 0 Å². The lowest BCUT2D eigenvalue weighted by Crippen LogP contribution is -2.44. The highest BCUT2D eigenvalue weighted by atomic mass is 15.2. The molecule has 0 bridgehead atoms. The lowest BCUT2D eigenvalue weighted by atomic mass is 9.86. The minimum absolute atomic E-state index is 0.365. The standard InChI is InChI=1S/C15H34N2/c1-8-11-16-12-9-10-13(2)17(7)14(3)15(4,5)6/h13-14,16H,8-12H2,1-7H3. The molecule has 104 valence electrons. The molecule has 0 aromatic heterocycles. The Balaban J connectivity index is 3.85. The van der Waals surface area contributed by atoms with Gasteiger partial charge in [-0.25, -0.2) is 0 Å². The molecule has 2 heteroatoms. The van der Waals surface area contributed by atoms with Crippen molar-refractivity contribution < 1.29 is 0 Å². The second-order valence-electron chi connectivity index (χ2n) is 6.45. The minimum atomic E-state index is 0.365. The van der Waals surface area contributed by atoms with Gasteiger partial charge >= 0.3 is 0 Å². The molecule has 0 saturated carbocycles. The zero-order chi connectivity index (χ0) is 13.5. The summed E-state index contributed by atoms with van der Waals surface area (Å²) in [7, 11) is 2.26. The van der Waals surface area contributed by atoms with Crippen molar-refractivity contribution in [2.24, 2.45) is 5.41 Å². The molecule has 0 aliphatic rings. The van der Waals surface area contributed by atoms with Crippen molar-refractivity contribution in [2.75, 3.05) is 20.1 Å². The average Bonchev–Trinajstić information content (AvgIpc) is 2.25. The van der Waals surface area contributed by atoms with Gasteiger partial charge in [-0.05, 0) is 58.7 Å². The zero-order valence-electron chi connectivity index (χ0n) is 13.1. The maximum Gasteiger partial charge on any atom is 0.0115 e. The Bertz CT molecular complexity index is 184. The van der Waals surface area contributed by atoms with Crippen LogP contribution in [0, 0.1) is 5.41 Å².